The molecule has 0 heterocycles. The molecule has 1 aliphatic carbocycles. The second-order valence-electron chi connectivity index (χ2n) is 4.15. The average Bonchev–Trinajstić information content (AvgIpc) is 2.65. The lowest BCUT2D eigenvalue weighted by Gasteiger charge is -2.16. The van der Waals surface area contributed by atoms with Crippen molar-refractivity contribution in [3.05, 3.63) is 35.4 Å². The van der Waals surface area contributed by atoms with E-state index in [4.69, 9.17) is 11.5 Å². The molecular formula is C12H18N2. The lowest BCUT2D eigenvalue weighted by molar-refractivity contribution is 0.612. The molecule has 1 aromatic carbocycles. The van der Waals surface area contributed by atoms with Gasteiger partial charge in [-0.05, 0) is 29.9 Å². The van der Waals surface area contributed by atoms with Crippen LogP contribution in [0.2, 0.25) is 0 Å². The van der Waals surface area contributed by atoms with E-state index in [0.29, 0.717) is 18.5 Å². The van der Waals surface area contributed by atoms with Gasteiger partial charge in [-0.3, -0.25) is 0 Å². The summed E-state index contributed by atoms with van der Waals surface area (Å²) in [4.78, 5) is 0. The van der Waals surface area contributed by atoms with Crippen molar-refractivity contribution >= 4 is 0 Å². The fraction of sp³-hybridized carbons (Fsp3) is 0.500. The van der Waals surface area contributed by atoms with Gasteiger partial charge in [0.2, 0.25) is 0 Å². The van der Waals surface area contributed by atoms with Crippen LogP contribution in [0.1, 0.15) is 36.3 Å². The van der Waals surface area contributed by atoms with Gasteiger partial charge in [0.05, 0.1) is 0 Å². The second-order valence-corrected chi connectivity index (χ2v) is 4.15. The van der Waals surface area contributed by atoms with Gasteiger partial charge < -0.3 is 11.5 Å². The highest BCUT2D eigenvalue weighted by Gasteiger charge is 2.25. The number of rotatable bonds is 2. The van der Waals surface area contributed by atoms with Crippen LogP contribution in [0, 0.1) is 0 Å². The van der Waals surface area contributed by atoms with Crippen LogP contribution in [0.15, 0.2) is 24.3 Å². The number of nitrogens with two attached hydrogens (primary N) is 2. The molecule has 14 heavy (non-hydrogen) atoms. The van der Waals surface area contributed by atoms with Gasteiger partial charge in [-0.25, -0.2) is 0 Å². The van der Waals surface area contributed by atoms with Gasteiger partial charge in [0, 0.05) is 12.6 Å². The number of benzene rings is 1. The Balaban J connectivity index is 2.22. The molecule has 2 nitrogen and oxygen atoms in total. The third kappa shape index (κ3) is 1.81. The summed E-state index contributed by atoms with van der Waals surface area (Å²) in [5.41, 5.74) is 14.3. The zero-order chi connectivity index (χ0) is 9.97. The molecule has 0 saturated heterocycles. The van der Waals surface area contributed by atoms with E-state index >= 15 is 0 Å². The Morgan fingerprint density at radius 1 is 1.29 bits per heavy atom. The van der Waals surface area contributed by atoms with E-state index in [1.165, 1.54) is 24.0 Å². The summed E-state index contributed by atoms with van der Waals surface area (Å²) in [5, 5.41) is 0. The van der Waals surface area contributed by atoms with Crippen LogP contribution in [0.3, 0.4) is 0 Å². The average molecular weight is 190 g/mol. The summed E-state index contributed by atoms with van der Waals surface area (Å²) < 4.78 is 0. The minimum Gasteiger partial charge on any atom is -0.327 e. The van der Waals surface area contributed by atoms with Crippen molar-refractivity contribution in [1.82, 2.24) is 0 Å². The summed E-state index contributed by atoms with van der Waals surface area (Å²) in [7, 11) is 0. The molecule has 0 radical (unpaired) electrons. The van der Waals surface area contributed by atoms with Crippen molar-refractivity contribution in [1.29, 1.82) is 0 Å². The highest BCUT2D eigenvalue weighted by Crippen LogP contribution is 2.33. The van der Waals surface area contributed by atoms with E-state index in [9.17, 15) is 0 Å². The largest absolute Gasteiger partial charge is 0.327 e. The zero-order valence-electron chi connectivity index (χ0n) is 8.45. The van der Waals surface area contributed by atoms with E-state index in [-0.39, 0.29) is 0 Å². The molecule has 0 bridgehead atoms. The first kappa shape index (κ1) is 9.69. The first-order chi connectivity index (χ1) is 6.81. The molecule has 2 atom stereocenters. The highest BCUT2D eigenvalue weighted by molar-refractivity contribution is 5.28. The molecular weight excluding hydrogens is 172 g/mol. The number of hydrogen-bond donors (Lipinski definition) is 2. The molecule has 1 fully saturated rings. The Hall–Kier alpha value is -0.860. The molecule has 76 valence electrons. The van der Waals surface area contributed by atoms with Crippen LogP contribution in [-0.2, 0) is 6.54 Å². The molecule has 4 N–H and O–H groups in total. The summed E-state index contributed by atoms with van der Waals surface area (Å²) in [5.74, 6) is 0.557. The highest BCUT2D eigenvalue weighted by atomic mass is 14.7. The van der Waals surface area contributed by atoms with E-state index in [2.05, 4.69) is 24.3 Å². The zero-order valence-corrected chi connectivity index (χ0v) is 8.45. The van der Waals surface area contributed by atoms with Crippen molar-refractivity contribution in [2.45, 2.75) is 37.8 Å². The summed E-state index contributed by atoms with van der Waals surface area (Å²) in [6.45, 7) is 0.621. The summed E-state index contributed by atoms with van der Waals surface area (Å²) >= 11 is 0. The fourth-order valence-corrected chi connectivity index (χ4v) is 2.35. The summed E-state index contributed by atoms with van der Waals surface area (Å²) in [6, 6.07) is 8.89. The molecule has 2 heteroatoms. The molecule has 2 rings (SSSR count). The van der Waals surface area contributed by atoms with Crippen LogP contribution in [0.5, 0.6) is 0 Å². The van der Waals surface area contributed by atoms with Crippen molar-refractivity contribution in [2.75, 3.05) is 0 Å². The van der Waals surface area contributed by atoms with Crippen LogP contribution in [-0.4, -0.2) is 6.04 Å². The fourth-order valence-electron chi connectivity index (χ4n) is 2.35. The lowest BCUT2D eigenvalue weighted by atomic mass is 9.93. The molecule has 2 unspecified atom stereocenters. The molecule has 0 aromatic heterocycles. The third-order valence-corrected chi connectivity index (χ3v) is 3.18. The minimum absolute atomic E-state index is 0.350. The van der Waals surface area contributed by atoms with Crippen molar-refractivity contribution in [2.24, 2.45) is 11.5 Å². The first-order valence-corrected chi connectivity index (χ1v) is 5.36. The van der Waals surface area contributed by atoms with Gasteiger partial charge in [-0.2, -0.15) is 0 Å². The van der Waals surface area contributed by atoms with E-state index in [0.717, 1.165) is 6.42 Å². The van der Waals surface area contributed by atoms with Gasteiger partial charge in [0.15, 0.2) is 0 Å². The summed E-state index contributed by atoms with van der Waals surface area (Å²) in [6.07, 6.45) is 3.66. The van der Waals surface area contributed by atoms with Gasteiger partial charge in [-0.1, -0.05) is 30.7 Å². The van der Waals surface area contributed by atoms with Crippen LogP contribution >= 0.6 is 0 Å². The van der Waals surface area contributed by atoms with Gasteiger partial charge in [0.1, 0.15) is 0 Å². The van der Waals surface area contributed by atoms with Crippen molar-refractivity contribution in [3.63, 3.8) is 0 Å². The van der Waals surface area contributed by atoms with Crippen LogP contribution < -0.4 is 11.5 Å². The van der Waals surface area contributed by atoms with Crippen LogP contribution in [0.4, 0.5) is 0 Å². The maximum Gasteiger partial charge on any atom is 0.0178 e. The third-order valence-electron chi connectivity index (χ3n) is 3.18. The van der Waals surface area contributed by atoms with E-state index in [1.807, 2.05) is 0 Å². The Kier molecular flexibility index (Phi) is 2.85. The second kappa shape index (κ2) is 4.11. The van der Waals surface area contributed by atoms with E-state index in [1.54, 1.807) is 0 Å². The monoisotopic (exact) mass is 190 g/mol. The molecule has 0 spiro atoms. The van der Waals surface area contributed by atoms with Crippen LogP contribution in [0.25, 0.3) is 0 Å². The molecule has 0 aliphatic heterocycles. The molecule has 1 aliphatic rings. The Labute approximate surface area is 85.3 Å². The quantitative estimate of drug-likeness (QED) is 0.746. The minimum atomic E-state index is 0.350. The van der Waals surface area contributed by atoms with E-state index < -0.39 is 0 Å². The maximum atomic E-state index is 6.07. The predicted molar refractivity (Wildman–Crippen MR) is 58.9 cm³/mol. The Morgan fingerprint density at radius 3 is 2.79 bits per heavy atom. The predicted octanol–water partition coefficient (Wildman–Crippen LogP) is 1.74. The van der Waals surface area contributed by atoms with Gasteiger partial charge >= 0.3 is 0 Å². The standard InChI is InChI=1S/C12H18N2/c13-8-9-3-1-4-10(7-9)11-5-2-6-12(11)14/h1,3-4,7,11-12H,2,5-6,8,13-14H2. The smallest absolute Gasteiger partial charge is 0.0178 e. The Bertz CT molecular complexity index is 309. The molecule has 1 saturated carbocycles. The molecule has 0 amide bonds. The van der Waals surface area contributed by atoms with Crippen molar-refractivity contribution in [3.8, 4) is 0 Å². The van der Waals surface area contributed by atoms with Crippen molar-refractivity contribution < 1.29 is 0 Å². The first-order valence-electron chi connectivity index (χ1n) is 5.36. The lowest BCUT2D eigenvalue weighted by Crippen LogP contribution is -2.22. The SMILES string of the molecule is NCc1cccc(C2CCCC2N)c1. The topological polar surface area (TPSA) is 52.0 Å². The van der Waals surface area contributed by atoms with Gasteiger partial charge in [-0.15, -0.1) is 0 Å². The Morgan fingerprint density at radius 2 is 2.14 bits per heavy atom. The maximum absolute atomic E-state index is 6.07. The molecule has 1 aromatic rings. The normalized spacial score (nSPS) is 26.7. The number of hydrogen-bond acceptors (Lipinski definition) is 2. The van der Waals surface area contributed by atoms with Gasteiger partial charge in [0.25, 0.3) is 0 Å².